The number of para-hydroxylation sites is 1. The molecule has 2 aromatic carbocycles. The zero-order chi connectivity index (χ0) is 20.2. The number of rotatable bonds is 5. The van der Waals surface area contributed by atoms with Gasteiger partial charge in [0.1, 0.15) is 0 Å². The Morgan fingerprint density at radius 1 is 0.966 bits per heavy atom. The van der Waals surface area contributed by atoms with E-state index in [0.717, 1.165) is 49.3 Å². The number of carbonyl (C=O) groups excluding carboxylic acids is 1. The van der Waals surface area contributed by atoms with Crippen molar-refractivity contribution in [2.24, 2.45) is 0 Å². The summed E-state index contributed by atoms with van der Waals surface area (Å²) in [5.74, 6) is 0.355. The van der Waals surface area contributed by atoms with Gasteiger partial charge in [0.05, 0.1) is 12.0 Å². The van der Waals surface area contributed by atoms with Crippen molar-refractivity contribution >= 4 is 11.6 Å². The van der Waals surface area contributed by atoms with Crippen LogP contribution in [-0.4, -0.2) is 29.9 Å². The van der Waals surface area contributed by atoms with E-state index in [0.29, 0.717) is 5.76 Å². The van der Waals surface area contributed by atoms with Crippen LogP contribution >= 0.6 is 0 Å². The Morgan fingerprint density at radius 3 is 2.28 bits per heavy atom. The van der Waals surface area contributed by atoms with Crippen molar-refractivity contribution in [3.8, 4) is 0 Å². The molecule has 150 valence electrons. The molecule has 0 bridgehead atoms. The van der Waals surface area contributed by atoms with Gasteiger partial charge >= 0.3 is 0 Å². The Labute approximate surface area is 172 Å². The Morgan fingerprint density at radius 2 is 1.66 bits per heavy atom. The fraction of sp³-hybridized carbons (Fsp3) is 0.320. The molecule has 3 aromatic rings. The van der Waals surface area contributed by atoms with E-state index in [1.807, 2.05) is 11.0 Å². The van der Waals surface area contributed by atoms with Crippen LogP contribution in [0.3, 0.4) is 0 Å². The fourth-order valence-corrected chi connectivity index (χ4v) is 4.33. The van der Waals surface area contributed by atoms with Crippen molar-refractivity contribution in [3.05, 3.63) is 89.4 Å². The molecule has 1 aliphatic rings. The molecule has 0 radical (unpaired) electrons. The number of amides is 1. The van der Waals surface area contributed by atoms with Gasteiger partial charge in [-0.25, -0.2) is 0 Å². The number of piperidine rings is 1. The number of aryl methyl sites for hydroxylation is 2. The van der Waals surface area contributed by atoms with Gasteiger partial charge in [-0.1, -0.05) is 48.5 Å². The summed E-state index contributed by atoms with van der Waals surface area (Å²) in [5.41, 5.74) is 4.60. The van der Waals surface area contributed by atoms with Crippen molar-refractivity contribution in [1.29, 1.82) is 0 Å². The van der Waals surface area contributed by atoms with Gasteiger partial charge in [0, 0.05) is 25.7 Å². The number of furan rings is 1. The summed E-state index contributed by atoms with van der Waals surface area (Å²) < 4.78 is 5.47. The smallest absolute Gasteiger partial charge is 0.294 e. The molecule has 1 aliphatic heterocycles. The van der Waals surface area contributed by atoms with Gasteiger partial charge in [-0.2, -0.15) is 0 Å². The first-order valence-corrected chi connectivity index (χ1v) is 10.3. The first kappa shape index (κ1) is 19.5. The third-order valence-corrected chi connectivity index (χ3v) is 5.80. The molecular weight excluding hydrogens is 360 g/mol. The van der Waals surface area contributed by atoms with Crippen LogP contribution in [-0.2, 0) is 6.54 Å². The summed E-state index contributed by atoms with van der Waals surface area (Å²) in [4.78, 5) is 17.9. The van der Waals surface area contributed by atoms with E-state index in [1.165, 1.54) is 5.56 Å². The van der Waals surface area contributed by atoms with E-state index in [2.05, 4.69) is 61.2 Å². The second-order valence-electron chi connectivity index (χ2n) is 7.89. The van der Waals surface area contributed by atoms with Crippen molar-refractivity contribution < 1.29 is 9.21 Å². The highest BCUT2D eigenvalue weighted by Crippen LogP contribution is 2.32. The number of anilines is 1. The average molecular weight is 389 g/mol. The second-order valence-corrected chi connectivity index (χ2v) is 7.89. The highest BCUT2D eigenvalue weighted by Gasteiger charge is 2.32. The molecule has 1 fully saturated rings. The maximum absolute atomic E-state index is 13.4. The highest BCUT2D eigenvalue weighted by atomic mass is 16.3. The van der Waals surface area contributed by atoms with Crippen molar-refractivity contribution in [2.45, 2.75) is 39.3 Å². The summed E-state index contributed by atoms with van der Waals surface area (Å²) in [5, 5.41) is 0. The molecule has 4 rings (SSSR count). The number of benzene rings is 2. The summed E-state index contributed by atoms with van der Waals surface area (Å²) in [7, 11) is 0. The Hall–Kier alpha value is -2.85. The highest BCUT2D eigenvalue weighted by molar-refractivity contribution is 6.05. The van der Waals surface area contributed by atoms with Crippen LogP contribution in [0, 0.1) is 13.8 Å². The molecule has 0 spiro atoms. The summed E-state index contributed by atoms with van der Waals surface area (Å²) in [6.07, 6.45) is 3.47. The molecule has 1 aromatic heterocycles. The first-order chi connectivity index (χ1) is 14.1. The molecule has 0 aliphatic carbocycles. The van der Waals surface area contributed by atoms with E-state index in [9.17, 15) is 4.79 Å². The van der Waals surface area contributed by atoms with Crippen molar-refractivity contribution in [2.75, 3.05) is 18.0 Å². The van der Waals surface area contributed by atoms with E-state index < -0.39 is 0 Å². The zero-order valence-corrected chi connectivity index (χ0v) is 17.2. The molecule has 1 amide bonds. The minimum absolute atomic E-state index is 0.0473. The average Bonchev–Trinajstić information content (AvgIpc) is 3.27. The minimum atomic E-state index is -0.0473. The van der Waals surface area contributed by atoms with Gasteiger partial charge < -0.3 is 9.32 Å². The van der Waals surface area contributed by atoms with Crippen LogP contribution in [0.5, 0.6) is 0 Å². The lowest BCUT2D eigenvalue weighted by molar-refractivity contribution is 0.0931. The molecule has 29 heavy (non-hydrogen) atoms. The van der Waals surface area contributed by atoms with Gasteiger partial charge in [-0.05, 0) is 55.5 Å². The lowest BCUT2D eigenvalue weighted by Crippen LogP contribution is -2.48. The van der Waals surface area contributed by atoms with E-state index in [1.54, 1.807) is 18.4 Å². The Balaban J connectivity index is 1.55. The lowest BCUT2D eigenvalue weighted by Gasteiger charge is -2.39. The van der Waals surface area contributed by atoms with Gasteiger partial charge in [0.25, 0.3) is 5.91 Å². The molecule has 4 heteroatoms. The topological polar surface area (TPSA) is 36.7 Å². The van der Waals surface area contributed by atoms with E-state index in [4.69, 9.17) is 4.42 Å². The quantitative estimate of drug-likeness (QED) is 0.602. The number of likely N-dealkylation sites (tertiary alicyclic amines) is 1. The summed E-state index contributed by atoms with van der Waals surface area (Å²) >= 11 is 0. The van der Waals surface area contributed by atoms with Crippen LogP contribution in [0.15, 0.2) is 71.3 Å². The van der Waals surface area contributed by atoms with Gasteiger partial charge in [-0.15, -0.1) is 0 Å². The number of carbonyl (C=O) groups is 1. The summed E-state index contributed by atoms with van der Waals surface area (Å²) in [6.45, 7) is 7.08. The van der Waals surface area contributed by atoms with Crippen molar-refractivity contribution in [1.82, 2.24) is 4.90 Å². The molecular formula is C25H28N2O2. The fourth-order valence-electron chi connectivity index (χ4n) is 4.33. The molecule has 2 heterocycles. The number of hydrogen-bond donors (Lipinski definition) is 0. The van der Waals surface area contributed by atoms with Crippen LogP contribution < -0.4 is 4.90 Å². The van der Waals surface area contributed by atoms with Crippen molar-refractivity contribution in [3.63, 3.8) is 0 Å². The predicted molar refractivity (Wildman–Crippen MR) is 116 cm³/mol. The predicted octanol–water partition coefficient (Wildman–Crippen LogP) is 5.21. The minimum Gasteiger partial charge on any atom is -0.459 e. The first-order valence-electron chi connectivity index (χ1n) is 10.3. The van der Waals surface area contributed by atoms with E-state index in [-0.39, 0.29) is 11.9 Å². The third kappa shape index (κ3) is 4.28. The maximum Gasteiger partial charge on any atom is 0.294 e. The zero-order valence-electron chi connectivity index (χ0n) is 17.2. The SMILES string of the molecule is Cc1cccc(C)c1N(C(=O)c1ccco1)C1CCN(Cc2ccccc2)CC1. The largest absolute Gasteiger partial charge is 0.459 e. The molecule has 0 atom stereocenters. The molecule has 0 unspecified atom stereocenters. The molecule has 0 saturated carbocycles. The standard InChI is InChI=1S/C25H28N2O2/c1-19-8-6-9-20(2)24(19)27(25(28)23-12-7-17-29-23)22-13-15-26(16-14-22)18-21-10-4-3-5-11-21/h3-12,17,22H,13-16,18H2,1-2H3. The molecule has 0 N–H and O–H groups in total. The monoisotopic (exact) mass is 388 g/mol. The van der Waals surface area contributed by atoms with Gasteiger partial charge in [-0.3, -0.25) is 9.69 Å². The van der Waals surface area contributed by atoms with Gasteiger partial charge in [0.2, 0.25) is 0 Å². The third-order valence-electron chi connectivity index (χ3n) is 5.80. The summed E-state index contributed by atoms with van der Waals surface area (Å²) in [6, 6.07) is 20.5. The molecule has 1 saturated heterocycles. The Bertz CT molecular complexity index is 922. The second kappa shape index (κ2) is 8.66. The van der Waals surface area contributed by atoms with Crippen LogP contribution in [0.4, 0.5) is 5.69 Å². The van der Waals surface area contributed by atoms with Crippen LogP contribution in [0.2, 0.25) is 0 Å². The van der Waals surface area contributed by atoms with Crippen LogP contribution in [0.1, 0.15) is 40.1 Å². The lowest BCUT2D eigenvalue weighted by atomic mass is 9.98. The van der Waals surface area contributed by atoms with Crippen LogP contribution in [0.25, 0.3) is 0 Å². The maximum atomic E-state index is 13.4. The number of nitrogens with zero attached hydrogens (tertiary/aromatic N) is 2. The normalized spacial score (nSPS) is 15.4. The Kier molecular flexibility index (Phi) is 5.81. The molecule has 4 nitrogen and oxygen atoms in total. The van der Waals surface area contributed by atoms with E-state index >= 15 is 0 Å². The van der Waals surface area contributed by atoms with Gasteiger partial charge in [0.15, 0.2) is 5.76 Å². The number of hydrogen-bond acceptors (Lipinski definition) is 3.